The predicted molar refractivity (Wildman–Crippen MR) is 78.4 cm³/mol. The molecule has 1 N–H and O–H groups in total. The van der Waals surface area contributed by atoms with Crippen molar-refractivity contribution < 1.29 is 4.39 Å². The van der Waals surface area contributed by atoms with Crippen molar-refractivity contribution in [3.8, 4) is 11.3 Å². The van der Waals surface area contributed by atoms with Crippen LogP contribution in [-0.4, -0.2) is 9.97 Å². The molecule has 0 saturated carbocycles. The minimum Gasteiger partial charge on any atom is -0.310 e. The lowest BCUT2D eigenvalue weighted by atomic mass is 9.95. The third kappa shape index (κ3) is 2.64. The number of aromatic nitrogens is 2. The molecule has 1 aromatic heterocycles. The topological polar surface area (TPSA) is 45.8 Å². The predicted octanol–water partition coefficient (Wildman–Crippen LogP) is 3.49. The molecule has 2 rings (SSSR count). The van der Waals surface area contributed by atoms with Crippen molar-refractivity contribution in [1.82, 2.24) is 9.97 Å². The molecule has 0 fully saturated rings. The number of benzene rings is 1. The molecular weight excluding hydrogens is 255 g/mol. The van der Waals surface area contributed by atoms with Crippen LogP contribution in [0.2, 0.25) is 0 Å². The zero-order valence-corrected chi connectivity index (χ0v) is 12.5. The van der Waals surface area contributed by atoms with Crippen LogP contribution < -0.4 is 5.56 Å². The summed E-state index contributed by atoms with van der Waals surface area (Å²) in [6, 6.07) is 4.92. The van der Waals surface area contributed by atoms with Gasteiger partial charge in [-0.15, -0.1) is 0 Å². The van der Waals surface area contributed by atoms with E-state index in [2.05, 4.69) is 9.97 Å². The zero-order chi connectivity index (χ0) is 15.1. The van der Waals surface area contributed by atoms with E-state index in [4.69, 9.17) is 0 Å². The van der Waals surface area contributed by atoms with Gasteiger partial charge in [-0.05, 0) is 25.5 Å². The Bertz CT molecular complexity index is 711. The number of nitrogens with one attached hydrogen (secondary N) is 1. The molecule has 0 aliphatic carbocycles. The molecule has 0 bridgehead atoms. The van der Waals surface area contributed by atoms with Crippen molar-refractivity contribution in [3.63, 3.8) is 0 Å². The number of nitrogens with zero attached hydrogens (tertiary/aromatic N) is 1. The average molecular weight is 274 g/mol. The van der Waals surface area contributed by atoms with Crippen molar-refractivity contribution in [2.45, 2.75) is 40.0 Å². The molecule has 0 aliphatic rings. The zero-order valence-electron chi connectivity index (χ0n) is 12.5. The summed E-state index contributed by atoms with van der Waals surface area (Å²) in [6.07, 6.45) is 0. The smallest absolute Gasteiger partial charge is 0.254 e. The third-order valence-electron chi connectivity index (χ3n) is 3.31. The molecule has 0 aliphatic heterocycles. The third-order valence-corrected chi connectivity index (χ3v) is 3.31. The van der Waals surface area contributed by atoms with Crippen LogP contribution in [0.15, 0.2) is 23.0 Å². The molecular formula is C16H19FN2O. The van der Waals surface area contributed by atoms with Crippen molar-refractivity contribution in [2.24, 2.45) is 0 Å². The first-order valence-electron chi connectivity index (χ1n) is 6.58. The molecule has 20 heavy (non-hydrogen) atoms. The number of rotatable bonds is 1. The molecule has 4 heteroatoms. The van der Waals surface area contributed by atoms with E-state index in [0.29, 0.717) is 28.2 Å². The van der Waals surface area contributed by atoms with Gasteiger partial charge >= 0.3 is 0 Å². The number of H-pyrrole nitrogens is 1. The summed E-state index contributed by atoms with van der Waals surface area (Å²) in [6.45, 7) is 9.32. The Labute approximate surface area is 117 Å². The number of hydrogen-bond acceptors (Lipinski definition) is 2. The highest BCUT2D eigenvalue weighted by Gasteiger charge is 2.20. The van der Waals surface area contributed by atoms with Gasteiger partial charge in [-0.3, -0.25) is 4.79 Å². The summed E-state index contributed by atoms with van der Waals surface area (Å²) in [5.74, 6) is 0.311. The average Bonchev–Trinajstić information content (AvgIpc) is 2.34. The Balaban J connectivity index is 2.70. The normalized spacial score (nSPS) is 11.7. The van der Waals surface area contributed by atoms with E-state index in [-0.39, 0.29) is 16.8 Å². The van der Waals surface area contributed by atoms with Gasteiger partial charge in [-0.25, -0.2) is 9.37 Å². The molecule has 0 atom stereocenters. The molecule has 2 aromatic rings. The van der Waals surface area contributed by atoms with E-state index in [1.165, 1.54) is 6.07 Å². The van der Waals surface area contributed by atoms with Crippen LogP contribution in [0.4, 0.5) is 4.39 Å². The van der Waals surface area contributed by atoms with Crippen LogP contribution in [0, 0.1) is 19.7 Å². The standard InChI is InChI=1S/C16H19FN2O/c1-9-6-7-11(8-12(9)17)13-10(2)14(20)19-15(18-13)16(3,4)5/h6-8H,1-5H3,(H,18,19,20). The Kier molecular flexibility index (Phi) is 3.50. The monoisotopic (exact) mass is 274 g/mol. The van der Waals surface area contributed by atoms with Gasteiger partial charge in [0.05, 0.1) is 5.69 Å². The largest absolute Gasteiger partial charge is 0.310 e. The summed E-state index contributed by atoms with van der Waals surface area (Å²) >= 11 is 0. The number of hydrogen-bond donors (Lipinski definition) is 1. The van der Waals surface area contributed by atoms with Crippen LogP contribution in [-0.2, 0) is 5.41 Å². The molecule has 1 heterocycles. The second-order valence-corrected chi connectivity index (χ2v) is 6.10. The van der Waals surface area contributed by atoms with E-state index in [1.54, 1.807) is 26.0 Å². The summed E-state index contributed by atoms with van der Waals surface area (Å²) in [5.41, 5.74) is 1.79. The molecule has 0 unspecified atom stereocenters. The fourth-order valence-electron chi connectivity index (χ4n) is 1.91. The van der Waals surface area contributed by atoms with Crippen LogP contribution in [0.5, 0.6) is 0 Å². The summed E-state index contributed by atoms with van der Waals surface area (Å²) in [4.78, 5) is 19.4. The van der Waals surface area contributed by atoms with Gasteiger partial charge in [0.1, 0.15) is 11.6 Å². The second-order valence-electron chi connectivity index (χ2n) is 6.10. The summed E-state index contributed by atoms with van der Waals surface area (Å²) in [7, 11) is 0. The number of aryl methyl sites for hydroxylation is 1. The highest BCUT2D eigenvalue weighted by Crippen LogP contribution is 2.24. The van der Waals surface area contributed by atoms with Gasteiger partial charge in [-0.1, -0.05) is 32.9 Å². The fraction of sp³-hybridized carbons (Fsp3) is 0.375. The molecule has 1 aromatic carbocycles. The first-order valence-corrected chi connectivity index (χ1v) is 6.58. The van der Waals surface area contributed by atoms with E-state index < -0.39 is 0 Å². The SMILES string of the molecule is Cc1ccc(-c2nc(C(C)(C)C)[nH]c(=O)c2C)cc1F. The number of halogens is 1. The minimum atomic E-state index is -0.290. The van der Waals surface area contributed by atoms with Gasteiger partial charge in [0, 0.05) is 16.5 Å². The maximum Gasteiger partial charge on any atom is 0.254 e. The van der Waals surface area contributed by atoms with Gasteiger partial charge in [0.2, 0.25) is 0 Å². The Hall–Kier alpha value is -1.97. The van der Waals surface area contributed by atoms with Crippen LogP contribution in [0.3, 0.4) is 0 Å². The molecule has 0 spiro atoms. The lowest BCUT2D eigenvalue weighted by molar-refractivity contribution is 0.542. The maximum absolute atomic E-state index is 13.7. The first kappa shape index (κ1) is 14.4. The molecule has 3 nitrogen and oxygen atoms in total. The van der Waals surface area contributed by atoms with Gasteiger partial charge < -0.3 is 4.98 Å². The highest BCUT2D eigenvalue weighted by atomic mass is 19.1. The van der Waals surface area contributed by atoms with E-state index >= 15 is 0 Å². The Morgan fingerprint density at radius 3 is 2.40 bits per heavy atom. The van der Waals surface area contributed by atoms with Crippen molar-refractivity contribution in [2.75, 3.05) is 0 Å². The summed E-state index contributed by atoms with van der Waals surface area (Å²) in [5, 5.41) is 0. The van der Waals surface area contributed by atoms with Crippen LogP contribution in [0.25, 0.3) is 11.3 Å². The molecule has 0 amide bonds. The Morgan fingerprint density at radius 2 is 1.85 bits per heavy atom. The quantitative estimate of drug-likeness (QED) is 0.865. The molecule has 106 valence electrons. The van der Waals surface area contributed by atoms with Crippen molar-refractivity contribution in [3.05, 3.63) is 51.3 Å². The second kappa shape index (κ2) is 4.85. The Morgan fingerprint density at radius 1 is 1.20 bits per heavy atom. The fourth-order valence-corrected chi connectivity index (χ4v) is 1.91. The highest BCUT2D eigenvalue weighted by molar-refractivity contribution is 5.63. The van der Waals surface area contributed by atoms with Gasteiger partial charge in [-0.2, -0.15) is 0 Å². The molecule has 0 saturated heterocycles. The van der Waals surface area contributed by atoms with E-state index in [0.717, 1.165) is 0 Å². The van der Waals surface area contributed by atoms with E-state index in [1.807, 2.05) is 20.8 Å². The van der Waals surface area contributed by atoms with E-state index in [9.17, 15) is 9.18 Å². The van der Waals surface area contributed by atoms with Gasteiger partial charge in [0.15, 0.2) is 0 Å². The van der Waals surface area contributed by atoms with Crippen LogP contribution >= 0.6 is 0 Å². The van der Waals surface area contributed by atoms with Crippen LogP contribution in [0.1, 0.15) is 37.7 Å². The summed E-state index contributed by atoms with van der Waals surface area (Å²) < 4.78 is 13.7. The number of aromatic amines is 1. The lowest BCUT2D eigenvalue weighted by Gasteiger charge is -2.18. The maximum atomic E-state index is 13.7. The minimum absolute atomic E-state index is 0.180. The van der Waals surface area contributed by atoms with Gasteiger partial charge in [0.25, 0.3) is 5.56 Å². The lowest BCUT2D eigenvalue weighted by Crippen LogP contribution is -2.24. The van der Waals surface area contributed by atoms with Crippen molar-refractivity contribution in [1.29, 1.82) is 0 Å². The first-order chi connectivity index (χ1) is 9.20. The molecule has 0 radical (unpaired) electrons. The van der Waals surface area contributed by atoms with Crippen molar-refractivity contribution >= 4 is 0 Å².